The van der Waals surface area contributed by atoms with Crippen LogP contribution in [0.2, 0.25) is 10.0 Å². The first-order valence-corrected chi connectivity index (χ1v) is 7.23. The van der Waals surface area contributed by atoms with E-state index in [0.29, 0.717) is 16.5 Å². The molecule has 3 N–H and O–H groups in total. The molecule has 0 radical (unpaired) electrons. The van der Waals surface area contributed by atoms with E-state index in [4.69, 9.17) is 29.0 Å². The van der Waals surface area contributed by atoms with Crippen molar-refractivity contribution in [3.63, 3.8) is 0 Å². The van der Waals surface area contributed by atoms with Crippen LogP contribution in [0.3, 0.4) is 0 Å². The van der Waals surface area contributed by atoms with Gasteiger partial charge in [-0.3, -0.25) is 16.0 Å². The normalized spacial score (nSPS) is 12.7. The molecule has 20 heavy (non-hydrogen) atoms. The molecule has 2 rings (SSSR count). The van der Waals surface area contributed by atoms with Crippen LogP contribution in [0.1, 0.15) is 29.8 Å². The van der Waals surface area contributed by atoms with E-state index in [0.717, 1.165) is 23.2 Å². The number of nitrogens with zero attached hydrogens (tertiary/aromatic N) is 2. The molecule has 0 bridgehead atoms. The fourth-order valence-corrected chi connectivity index (χ4v) is 2.86. The third-order valence-electron chi connectivity index (χ3n) is 3.32. The zero-order chi connectivity index (χ0) is 14.7. The van der Waals surface area contributed by atoms with E-state index in [9.17, 15) is 0 Å². The van der Waals surface area contributed by atoms with Crippen molar-refractivity contribution in [3.8, 4) is 0 Å². The Morgan fingerprint density at radius 2 is 2.00 bits per heavy atom. The first-order chi connectivity index (χ1) is 9.56. The van der Waals surface area contributed by atoms with Gasteiger partial charge in [-0.2, -0.15) is 5.10 Å². The average Bonchev–Trinajstić information content (AvgIpc) is 2.80. The molecule has 4 nitrogen and oxygen atoms in total. The highest BCUT2D eigenvalue weighted by Gasteiger charge is 2.19. The Kier molecular flexibility index (Phi) is 5.05. The number of hydrogen-bond donors (Lipinski definition) is 2. The summed E-state index contributed by atoms with van der Waals surface area (Å²) in [6.07, 6.45) is 3.45. The number of nitrogens with one attached hydrogen (secondary N) is 1. The van der Waals surface area contributed by atoms with Crippen LogP contribution in [-0.4, -0.2) is 9.78 Å². The van der Waals surface area contributed by atoms with Gasteiger partial charge in [0.25, 0.3) is 0 Å². The van der Waals surface area contributed by atoms with Gasteiger partial charge >= 0.3 is 0 Å². The van der Waals surface area contributed by atoms with Crippen molar-refractivity contribution in [2.24, 2.45) is 12.9 Å². The van der Waals surface area contributed by atoms with Gasteiger partial charge in [0, 0.05) is 28.9 Å². The van der Waals surface area contributed by atoms with Crippen molar-refractivity contribution < 1.29 is 0 Å². The van der Waals surface area contributed by atoms with Crippen molar-refractivity contribution in [1.29, 1.82) is 0 Å². The number of rotatable bonds is 5. The van der Waals surface area contributed by atoms with Crippen molar-refractivity contribution in [1.82, 2.24) is 15.2 Å². The first kappa shape index (κ1) is 15.3. The highest BCUT2D eigenvalue weighted by atomic mass is 35.5. The Bertz CT molecular complexity index is 575. The summed E-state index contributed by atoms with van der Waals surface area (Å²) in [4.78, 5) is 0. The van der Waals surface area contributed by atoms with Crippen molar-refractivity contribution in [2.75, 3.05) is 0 Å². The number of halogens is 2. The lowest BCUT2D eigenvalue weighted by atomic mass is 9.99. The average molecular weight is 313 g/mol. The van der Waals surface area contributed by atoms with E-state index in [1.807, 2.05) is 31.4 Å². The van der Waals surface area contributed by atoms with Gasteiger partial charge in [-0.1, -0.05) is 36.2 Å². The molecule has 108 valence electrons. The maximum absolute atomic E-state index is 6.22. The molecule has 1 atom stereocenters. The zero-order valence-corrected chi connectivity index (χ0v) is 13.0. The minimum absolute atomic E-state index is 0.0731. The Morgan fingerprint density at radius 3 is 2.55 bits per heavy atom. The van der Waals surface area contributed by atoms with Gasteiger partial charge in [0.2, 0.25) is 0 Å². The molecular formula is C14H18Cl2N4. The van der Waals surface area contributed by atoms with Crippen molar-refractivity contribution in [3.05, 3.63) is 51.3 Å². The van der Waals surface area contributed by atoms with Gasteiger partial charge < -0.3 is 0 Å². The van der Waals surface area contributed by atoms with Crippen molar-refractivity contribution >= 4 is 23.2 Å². The zero-order valence-electron chi connectivity index (χ0n) is 11.5. The predicted octanol–water partition coefficient (Wildman–Crippen LogP) is 3.04. The summed E-state index contributed by atoms with van der Waals surface area (Å²) in [6.45, 7) is 2.07. The second-order valence-electron chi connectivity index (χ2n) is 4.68. The Morgan fingerprint density at radius 1 is 1.35 bits per heavy atom. The lowest BCUT2D eigenvalue weighted by Crippen LogP contribution is -2.30. The second kappa shape index (κ2) is 6.59. The monoisotopic (exact) mass is 312 g/mol. The van der Waals surface area contributed by atoms with Crippen LogP contribution in [-0.2, 0) is 19.9 Å². The van der Waals surface area contributed by atoms with Crippen LogP contribution in [0.4, 0.5) is 0 Å². The first-order valence-electron chi connectivity index (χ1n) is 6.48. The SMILES string of the molecule is CCc1nn(C)cc1C(Cc1c(Cl)cccc1Cl)NN. The molecule has 0 aliphatic carbocycles. The van der Waals surface area contributed by atoms with E-state index in [1.165, 1.54) is 0 Å². The van der Waals surface area contributed by atoms with E-state index in [2.05, 4.69) is 17.4 Å². The maximum atomic E-state index is 6.22. The Balaban J connectivity index is 2.33. The fraction of sp³-hybridized carbons (Fsp3) is 0.357. The van der Waals surface area contributed by atoms with Gasteiger partial charge in [-0.25, -0.2) is 0 Å². The minimum Gasteiger partial charge on any atom is -0.275 e. The largest absolute Gasteiger partial charge is 0.275 e. The van der Waals surface area contributed by atoms with Gasteiger partial charge in [0.05, 0.1) is 11.7 Å². The number of hydrazine groups is 1. The highest BCUT2D eigenvalue weighted by molar-refractivity contribution is 6.36. The smallest absolute Gasteiger partial charge is 0.0670 e. The topological polar surface area (TPSA) is 55.9 Å². The third-order valence-corrected chi connectivity index (χ3v) is 4.03. The van der Waals surface area contributed by atoms with Gasteiger partial charge in [0.15, 0.2) is 0 Å². The number of hydrogen-bond acceptors (Lipinski definition) is 3. The minimum atomic E-state index is -0.0731. The molecule has 0 saturated heterocycles. The molecule has 1 unspecified atom stereocenters. The van der Waals surface area contributed by atoms with Crippen LogP contribution in [0, 0.1) is 0 Å². The molecule has 1 heterocycles. The molecule has 2 aromatic rings. The van der Waals surface area contributed by atoms with Crippen LogP contribution in [0.5, 0.6) is 0 Å². The maximum Gasteiger partial charge on any atom is 0.0670 e. The third kappa shape index (κ3) is 3.15. The molecule has 0 saturated carbocycles. The lowest BCUT2D eigenvalue weighted by molar-refractivity contribution is 0.547. The molecule has 0 fully saturated rings. The summed E-state index contributed by atoms with van der Waals surface area (Å²) in [5.41, 5.74) is 5.84. The summed E-state index contributed by atoms with van der Waals surface area (Å²) >= 11 is 12.4. The summed E-state index contributed by atoms with van der Waals surface area (Å²) in [5.74, 6) is 5.71. The van der Waals surface area contributed by atoms with Gasteiger partial charge in [0.1, 0.15) is 0 Å². The fourth-order valence-electron chi connectivity index (χ4n) is 2.31. The Labute approximate surface area is 128 Å². The molecule has 0 amide bonds. The standard InChI is InChI=1S/C14H18Cl2N4/c1-3-13-10(8-20(2)19-13)14(18-17)7-9-11(15)5-4-6-12(9)16/h4-6,8,14,18H,3,7,17H2,1-2H3. The van der Waals surface area contributed by atoms with E-state index in [-0.39, 0.29) is 6.04 Å². The molecule has 1 aromatic heterocycles. The second-order valence-corrected chi connectivity index (χ2v) is 5.50. The number of benzene rings is 1. The predicted molar refractivity (Wildman–Crippen MR) is 82.8 cm³/mol. The van der Waals surface area contributed by atoms with Crippen LogP contribution in [0.15, 0.2) is 24.4 Å². The van der Waals surface area contributed by atoms with Crippen LogP contribution in [0.25, 0.3) is 0 Å². The van der Waals surface area contributed by atoms with E-state index in [1.54, 1.807) is 4.68 Å². The van der Waals surface area contributed by atoms with Gasteiger partial charge in [-0.05, 0) is 30.5 Å². The van der Waals surface area contributed by atoms with Crippen LogP contribution >= 0.6 is 23.2 Å². The number of nitrogens with two attached hydrogens (primary N) is 1. The molecular weight excluding hydrogens is 295 g/mol. The molecule has 0 aliphatic heterocycles. The van der Waals surface area contributed by atoms with E-state index >= 15 is 0 Å². The molecule has 6 heteroatoms. The summed E-state index contributed by atoms with van der Waals surface area (Å²) in [7, 11) is 1.90. The van der Waals surface area contributed by atoms with Crippen molar-refractivity contribution in [2.45, 2.75) is 25.8 Å². The lowest BCUT2D eigenvalue weighted by Gasteiger charge is -2.17. The molecule has 0 spiro atoms. The quantitative estimate of drug-likeness (QED) is 0.659. The van der Waals surface area contributed by atoms with E-state index < -0.39 is 0 Å². The summed E-state index contributed by atoms with van der Waals surface area (Å²) in [5, 5.41) is 5.74. The van der Waals surface area contributed by atoms with Gasteiger partial charge in [-0.15, -0.1) is 0 Å². The molecule has 1 aromatic carbocycles. The highest BCUT2D eigenvalue weighted by Crippen LogP contribution is 2.30. The summed E-state index contributed by atoms with van der Waals surface area (Å²) in [6, 6.07) is 5.43. The number of aryl methyl sites for hydroxylation is 2. The summed E-state index contributed by atoms with van der Waals surface area (Å²) < 4.78 is 1.80. The van der Waals surface area contributed by atoms with Crippen LogP contribution < -0.4 is 11.3 Å². The molecule has 0 aliphatic rings. The Hall–Kier alpha value is -1.07. The number of aromatic nitrogens is 2.